The van der Waals surface area contributed by atoms with Crippen LogP contribution in [0, 0.1) is 0 Å². The maximum atomic E-state index is 13.5. The van der Waals surface area contributed by atoms with Gasteiger partial charge in [-0.1, -0.05) is 13.0 Å². The maximum absolute atomic E-state index is 13.5. The first-order chi connectivity index (χ1) is 20.5. The lowest BCUT2D eigenvalue weighted by Gasteiger charge is -2.38. The van der Waals surface area contributed by atoms with E-state index in [4.69, 9.17) is 14.2 Å². The van der Waals surface area contributed by atoms with E-state index < -0.39 is 31.8 Å². The molecule has 13 nitrogen and oxygen atoms in total. The van der Waals surface area contributed by atoms with Gasteiger partial charge in [0, 0.05) is 38.3 Å². The van der Waals surface area contributed by atoms with Crippen LogP contribution < -0.4 is 24.4 Å². The van der Waals surface area contributed by atoms with Gasteiger partial charge in [0.2, 0.25) is 25.9 Å². The summed E-state index contributed by atoms with van der Waals surface area (Å²) < 4.78 is 72.3. The molecule has 0 aliphatic carbocycles. The Morgan fingerprint density at radius 1 is 1.16 bits per heavy atom. The number of anilines is 1. The molecule has 4 heterocycles. The summed E-state index contributed by atoms with van der Waals surface area (Å²) in [7, 11) is -5.98. The van der Waals surface area contributed by atoms with E-state index in [1.54, 1.807) is 18.2 Å². The molecule has 3 aliphatic rings. The second kappa shape index (κ2) is 13.2. The first-order valence-electron chi connectivity index (χ1n) is 14.6. The SMILES string of the molecule is CCCN1CCOc2ncc(S(=O)(=O)N3CCC4(CC3)C[C@@H](NCC(O)COc3cccc(S(=O)(=O)NC)c3)CO4)cc21. The van der Waals surface area contributed by atoms with Crippen molar-refractivity contribution in [2.24, 2.45) is 0 Å². The Labute approximate surface area is 253 Å². The number of ether oxygens (including phenoxy) is 3. The van der Waals surface area contributed by atoms with Crippen LogP contribution in [0.15, 0.2) is 46.3 Å². The highest BCUT2D eigenvalue weighted by molar-refractivity contribution is 7.89. The molecular formula is C28H41N5O8S2. The molecule has 15 heteroatoms. The molecule has 1 aromatic heterocycles. The summed E-state index contributed by atoms with van der Waals surface area (Å²) in [4.78, 5) is 6.69. The fourth-order valence-electron chi connectivity index (χ4n) is 5.79. The zero-order valence-corrected chi connectivity index (χ0v) is 26.2. The van der Waals surface area contributed by atoms with Gasteiger partial charge in [-0.05, 0) is 50.9 Å². The van der Waals surface area contributed by atoms with E-state index in [-0.39, 0.29) is 29.0 Å². The van der Waals surface area contributed by atoms with Crippen LogP contribution in [0.5, 0.6) is 11.6 Å². The van der Waals surface area contributed by atoms with Gasteiger partial charge in [0.1, 0.15) is 35.7 Å². The second-order valence-corrected chi connectivity index (χ2v) is 15.0. The summed E-state index contributed by atoms with van der Waals surface area (Å²) in [6.07, 6.45) is 3.36. The van der Waals surface area contributed by atoms with E-state index in [0.717, 1.165) is 18.7 Å². The van der Waals surface area contributed by atoms with Crippen molar-refractivity contribution >= 4 is 25.7 Å². The molecular weight excluding hydrogens is 598 g/mol. The first-order valence-corrected chi connectivity index (χ1v) is 17.6. The van der Waals surface area contributed by atoms with Crippen molar-refractivity contribution in [3.05, 3.63) is 36.5 Å². The Balaban J connectivity index is 1.10. The number of hydrogen-bond acceptors (Lipinski definition) is 11. The predicted octanol–water partition coefficient (Wildman–Crippen LogP) is 0.940. The third-order valence-corrected chi connectivity index (χ3v) is 11.5. The number of benzene rings is 1. The Morgan fingerprint density at radius 2 is 1.95 bits per heavy atom. The minimum Gasteiger partial charge on any atom is -0.491 e. The molecule has 43 heavy (non-hydrogen) atoms. The van der Waals surface area contributed by atoms with Gasteiger partial charge in [0.05, 0.1) is 29.8 Å². The van der Waals surface area contributed by atoms with Crippen LogP contribution in [0.1, 0.15) is 32.6 Å². The molecule has 0 saturated carbocycles. The van der Waals surface area contributed by atoms with E-state index in [1.165, 1.54) is 29.7 Å². The van der Waals surface area contributed by atoms with Crippen LogP contribution in [-0.2, 0) is 24.8 Å². The van der Waals surface area contributed by atoms with Gasteiger partial charge in [-0.2, -0.15) is 4.31 Å². The topological polar surface area (TPSA) is 160 Å². The van der Waals surface area contributed by atoms with Crippen molar-refractivity contribution in [1.29, 1.82) is 0 Å². The lowest BCUT2D eigenvalue weighted by molar-refractivity contribution is -0.0312. The summed E-state index contributed by atoms with van der Waals surface area (Å²) in [5, 5.41) is 13.8. The molecule has 5 rings (SSSR count). The molecule has 2 fully saturated rings. The van der Waals surface area contributed by atoms with Crippen molar-refractivity contribution in [2.45, 2.75) is 60.1 Å². The third kappa shape index (κ3) is 7.24. The molecule has 1 aromatic carbocycles. The van der Waals surface area contributed by atoms with Crippen molar-refractivity contribution in [3.63, 3.8) is 0 Å². The molecule has 0 amide bonds. The highest BCUT2D eigenvalue weighted by atomic mass is 32.2. The average molecular weight is 640 g/mol. The molecule has 0 radical (unpaired) electrons. The summed E-state index contributed by atoms with van der Waals surface area (Å²) in [5.41, 5.74) is 0.308. The van der Waals surface area contributed by atoms with Crippen molar-refractivity contribution in [2.75, 3.05) is 64.5 Å². The molecule has 1 unspecified atom stereocenters. The average Bonchev–Trinajstić information content (AvgIpc) is 3.41. The maximum Gasteiger partial charge on any atom is 0.244 e. The van der Waals surface area contributed by atoms with Gasteiger partial charge >= 0.3 is 0 Å². The number of aliphatic hydroxyl groups is 1. The van der Waals surface area contributed by atoms with Gasteiger partial charge in [0.25, 0.3) is 0 Å². The van der Waals surface area contributed by atoms with Crippen molar-refractivity contribution in [3.8, 4) is 11.6 Å². The zero-order chi connectivity index (χ0) is 30.7. The monoisotopic (exact) mass is 639 g/mol. The summed E-state index contributed by atoms with van der Waals surface area (Å²) >= 11 is 0. The largest absolute Gasteiger partial charge is 0.491 e. The minimum atomic E-state index is -3.72. The number of rotatable bonds is 12. The second-order valence-electron chi connectivity index (χ2n) is 11.2. The number of pyridine rings is 1. The highest BCUT2D eigenvalue weighted by Gasteiger charge is 2.45. The highest BCUT2D eigenvalue weighted by Crippen LogP contribution is 2.38. The number of fused-ring (bicyclic) bond motifs is 1. The summed E-state index contributed by atoms with van der Waals surface area (Å²) in [5.74, 6) is 0.818. The smallest absolute Gasteiger partial charge is 0.244 e. The van der Waals surface area contributed by atoms with E-state index in [1.807, 2.05) is 0 Å². The van der Waals surface area contributed by atoms with Crippen LogP contribution in [0.3, 0.4) is 0 Å². The molecule has 0 bridgehead atoms. The van der Waals surface area contributed by atoms with Crippen LogP contribution >= 0.6 is 0 Å². The van der Waals surface area contributed by atoms with Crippen molar-refractivity contribution < 1.29 is 36.2 Å². The Morgan fingerprint density at radius 3 is 2.70 bits per heavy atom. The third-order valence-electron chi connectivity index (χ3n) is 8.19. The van der Waals surface area contributed by atoms with E-state index in [0.29, 0.717) is 63.7 Å². The predicted molar refractivity (Wildman–Crippen MR) is 160 cm³/mol. The number of hydrogen-bond donors (Lipinski definition) is 3. The van der Waals surface area contributed by atoms with E-state index in [9.17, 15) is 21.9 Å². The van der Waals surface area contributed by atoms with Gasteiger partial charge < -0.3 is 29.5 Å². The van der Waals surface area contributed by atoms with E-state index >= 15 is 0 Å². The van der Waals surface area contributed by atoms with Crippen LogP contribution in [0.25, 0.3) is 0 Å². The Hall–Kier alpha value is -2.53. The summed E-state index contributed by atoms with van der Waals surface area (Å²) in [6, 6.07) is 7.78. The lowest BCUT2D eigenvalue weighted by Crippen LogP contribution is -2.47. The number of piperidine rings is 1. The fraction of sp³-hybridized carbons (Fsp3) is 0.607. The zero-order valence-electron chi connectivity index (χ0n) is 24.6. The standard InChI is InChI=1S/C28H41N5O8S2/c1-3-9-32-12-13-39-27-26(32)15-25(18-31-27)43(37,38)33-10-7-28(8-11-33)16-21(19-41-28)30-17-22(34)20-40-23-5-4-6-24(14-23)42(35,36)29-2/h4-6,14-15,18,21-22,29-30,34H,3,7-13,16-17,19-20H2,1-2H3/t21-,22?/m1/s1. The molecule has 2 aromatic rings. The van der Waals surface area contributed by atoms with Crippen LogP contribution in [0.4, 0.5) is 5.69 Å². The number of nitrogens with zero attached hydrogens (tertiary/aromatic N) is 3. The Kier molecular flexibility index (Phi) is 9.80. The molecule has 2 saturated heterocycles. The molecule has 238 valence electrons. The van der Waals surface area contributed by atoms with E-state index in [2.05, 4.69) is 26.8 Å². The Bertz CT molecular complexity index is 1480. The van der Waals surface area contributed by atoms with Gasteiger partial charge in [-0.3, -0.25) is 0 Å². The van der Waals surface area contributed by atoms with Gasteiger partial charge in [-0.15, -0.1) is 0 Å². The molecule has 3 N–H and O–H groups in total. The number of sulfonamides is 2. The van der Waals surface area contributed by atoms with Gasteiger partial charge in [0.15, 0.2) is 0 Å². The quantitative estimate of drug-likeness (QED) is 0.303. The number of nitrogens with one attached hydrogen (secondary N) is 2. The normalized spacial score (nSPS) is 21.4. The fourth-order valence-corrected chi connectivity index (χ4v) is 7.96. The first kappa shape index (κ1) is 31.9. The van der Waals surface area contributed by atoms with Gasteiger partial charge in [-0.25, -0.2) is 26.5 Å². The minimum absolute atomic E-state index is 0.0105. The lowest BCUT2D eigenvalue weighted by atomic mass is 9.88. The summed E-state index contributed by atoms with van der Waals surface area (Å²) in [6.45, 7) is 5.53. The van der Waals surface area contributed by atoms with Crippen LogP contribution in [-0.4, -0.2) is 109 Å². The molecule has 1 spiro atoms. The molecule has 3 aliphatic heterocycles. The van der Waals surface area contributed by atoms with Crippen molar-refractivity contribution in [1.82, 2.24) is 19.3 Å². The molecule has 2 atom stereocenters. The van der Waals surface area contributed by atoms with Crippen LogP contribution in [0.2, 0.25) is 0 Å². The number of aromatic nitrogens is 1. The number of aliphatic hydroxyl groups excluding tert-OH is 1.